The summed E-state index contributed by atoms with van der Waals surface area (Å²) in [6.07, 6.45) is 3.86. The Labute approximate surface area is 105 Å². The van der Waals surface area contributed by atoms with E-state index in [0.29, 0.717) is 12.8 Å². The number of carbonyl (C=O) groups is 1. The summed E-state index contributed by atoms with van der Waals surface area (Å²) in [5.74, 6) is 1.09. The van der Waals surface area contributed by atoms with Gasteiger partial charge in [0.05, 0.1) is 6.26 Å². The van der Waals surface area contributed by atoms with Crippen molar-refractivity contribution in [2.45, 2.75) is 26.2 Å². The number of carbonyl (C=O) groups excluding carboxylic acids is 1. The maximum absolute atomic E-state index is 11.8. The van der Waals surface area contributed by atoms with E-state index in [4.69, 9.17) is 4.42 Å². The molecule has 0 aliphatic rings. The Morgan fingerprint density at radius 2 is 2.38 bits per heavy atom. The van der Waals surface area contributed by atoms with E-state index < -0.39 is 0 Å². The Morgan fingerprint density at radius 3 is 2.94 bits per heavy atom. The average molecular weight is 288 g/mol. The van der Waals surface area contributed by atoms with Crippen molar-refractivity contribution in [3.05, 3.63) is 24.2 Å². The zero-order chi connectivity index (χ0) is 11.8. The molecule has 3 nitrogen and oxygen atoms in total. The largest absolute Gasteiger partial charge is 0.469 e. The first kappa shape index (κ1) is 13.3. The number of rotatable bonds is 7. The van der Waals surface area contributed by atoms with Crippen LogP contribution in [0.15, 0.2) is 22.8 Å². The van der Waals surface area contributed by atoms with Crippen LogP contribution in [0.2, 0.25) is 0 Å². The van der Waals surface area contributed by atoms with E-state index in [1.54, 1.807) is 6.26 Å². The van der Waals surface area contributed by atoms with Crippen molar-refractivity contribution in [1.29, 1.82) is 0 Å². The molecule has 1 amide bonds. The number of nitrogens with zero attached hydrogens (tertiary/aromatic N) is 1. The molecule has 0 spiro atoms. The third-order valence-electron chi connectivity index (χ3n) is 2.46. The summed E-state index contributed by atoms with van der Waals surface area (Å²) in [5.41, 5.74) is 0. The zero-order valence-electron chi connectivity index (χ0n) is 9.62. The highest BCUT2D eigenvalue weighted by molar-refractivity contribution is 9.09. The Bertz CT molecular complexity index is 298. The van der Waals surface area contributed by atoms with E-state index in [2.05, 4.69) is 15.9 Å². The topological polar surface area (TPSA) is 33.5 Å². The summed E-state index contributed by atoms with van der Waals surface area (Å²) in [7, 11) is 0. The van der Waals surface area contributed by atoms with Gasteiger partial charge in [0.2, 0.25) is 5.91 Å². The van der Waals surface area contributed by atoms with Gasteiger partial charge < -0.3 is 9.32 Å². The lowest BCUT2D eigenvalue weighted by Crippen LogP contribution is -2.32. The predicted molar refractivity (Wildman–Crippen MR) is 67.7 cm³/mol. The van der Waals surface area contributed by atoms with Gasteiger partial charge in [0.1, 0.15) is 5.76 Å². The molecule has 0 aromatic carbocycles. The highest BCUT2D eigenvalue weighted by Gasteiger charge is 2.11. The van der Waals surface area contributed by atoms with Crippen LogP contribution in [0.1, 0.15) is 25.5 Å². The number of aryl methyl sites for hydroxylation is 1. The molecule has 0 atom stereocenters. The first-order valence-corrected chi connectivity index (χ1v) is 6.76. The Balaban J connectivity index is 2.31. The minimum atomic E-state index is 0.208. The van der Waals surface area contributed by atoms with Crippen LogP contribution < -0.4 is 0 Å². The van der Waals surface area contributed by atoms with Crippen LogP contribution >= 0.6 is 15.9 Å². The van der Waals surface area contributed by atoms with Crippen molar-refractivity contribution >= 4 is 21.8 Å². The molecule has 90 valence electrons. The smallest absolute Gasteiger partial charge is 0.223 e. The normalized spacial score (nSPS) is 10.4. The second kappa shape index (κ2) is 7.49. The molecule has 1 rings (SSSR count). The SMILES string of the molecule is CCN(CCCBr)C(=O)CCc1ccco1. The summed E-state index contributed by atoms with van der Waals surface area (Å²) >= 11 is 3.37. The molecule has 0 aliphatic carbocycles. The molecule has 0 bridgehead atoms. The van der Waals surface area contributed by atoms with Crippen LogP contribution in [0.25, 0.3) is 0 Å². The molecule has 1 aromatic heterocycles. The van der Waals surface area contributed by atoms with Crippen molar-refractivity contribution in [2.75, 3.05) is 18.4 Å². The first-order valence-electron chi connectivity index (χ1n) is 5.64. The van der Waals surface area contributed by atoms with Crippen LogP contribution in [-0.2, 0) is 11.2 Å². The number of hydrogen-bond acceptors (Lipinski definition) is 2. The summed E-state index contributed by atoms with van der Waals surface area (Å²) in [5, 5.41) is 0.939. The quantitative estimate of drug-likeness (QED) is 0.723. The van der Waals surface area contributed by atoms with Gasteiger partial charge in [-0.15, -0.1) is 0 Å². The Kier molecular flexibility index (Phi) is 6.23. The van der Waals surface area contributed by atoms with Gasteiger partial charge in [-0.2, -0.15) is 0 Å². The first-order chi connectivity index (χ1) is 7.77. The molecule has 0 radical (unpaired) electrons. The van der Waals surface area contributed by atoms with Crippen LogP contribution in [0.3, 0.4) is 0 Å². The van der Waals surface area contributed by atoms with Gasteiger partial charge in [0.25, 0.3) is 0 Å². The maximum Gasteiger partial charge on any atom is 0.223 e. The van der Waals surface area contributed by atoms with Crippen molar-refractivity contribution in [3.8, 4) is 0 Å². The molecular weight excluding hydrogens is 270 g/mol. The summed E-state index contributed by atoms with van der Waals surface area (Å²) in [6, 6.07) is 3.75. The minimum Gasteiger partial charge on any atom is -0.469 e. The van der Waals surface area contributed by atoms with E-state index in [0.717, 1.165) is 30.6 Å². The van der Waals surface area contributed by atoms with Crippen LogP contribution in [-0.4, -0.2) is 29.2 Å². The highest BCUT2D eigenvalue weighted by atomic mass is 79.9. The van der Waals surface area contributed by atoms with Crippen LogP contribution in [0.4, 0.5) is 0 Å². The number of alkyl halides is 1. The molecule has 0 unspecified atom stereocenters. The van der Waals surface area contributed by atoms with Gasteiger partial charge in [0.15, 0.2) is 0 Å². The van der Waals surface area contributed by atoms with Crippen molar-refractivity contribution in [1.82, 2.24) is 4.90 Å². The average Bonchev–Trinajstić information content (AvgIpc) is 2.80. The van der Waals surface area contributed by atoms with Crippen LogP contribution in [0.5, 0.6) is 0 Å². The predicted octanol–water partition coefficient (Wildman–Crippen LogP) is 2.85. The summed E-state index contributed by atoms with van der Waals surface area (Å²) in [4.78, 5) is 13.7. The van der Waals surface area contributed by atoms with E-state index in [-0.39, 0.29) is 5.91 Å². The second-order valence-electron chi connectivity index (χ2n) is 3.60. The highest BCUT2D eigenvalue weighted by Crippen LogP contribution is 2.06. The molecule has 4 heteroatoms. The lowest BCUT2D eigenvalue weighted by molar-refractivity contribution is -0.131. The number of hydrogen-bond donors (Lipinski definition) is 0. The minimum absolute atomic E-state index is 0.208. The lowest BCUT2D eigenvalue weighted by atomic mass is 10.2. The molecule has 16 heavy (non-hydrogen) atoms. The molecule has 0 aliphatic heterocycles. The van der Waals surface area contributed by atoms with E-state index in [1.807, 2.05) is 24.0 Å². The third kappa shape index (κ3) is 4.39. The second-order valence-corrected chi connectivity index (χ2v) is 4.39. The van der Waals surface area contributed by atoms with Gasteiger partial charge in [-0.1, -0.05) is 15.9 Å². The van der Waals surface area contributed by atoms with Gasteiger partial charge in [-0.05, 0) is 25.5 Å². The Hall–Kier alpha value is -0.770. The van der Waals surface area contributed by atoms with E-state index >= 15 is 0 Å². The Morgan fingerprint density at radius 1 is 1.56 bits per heavy atom. The van der Waals surface area contributed by atoms with Gasteiger partial charge in [-0.25, -0.2) is 0 Å². The van der Waals surface area contributed by atoms with E-state index in [1.165, 1.54) is 0 Å². The molecule has 0 saturated carbocycles. The van der Waals surface area contributed by atoms with Crippen molar-refractivity contribution in [3.63, 3.8) is 0 Å². The molecule has 0 fully saturated rings. The number of halogens is 1. The maximum atomic E-state index is 11.8. The molecule has 1 heterocycles. The lowest BCUT2D eigenvalue weighted by Gasteiger charge is -2.20. The molecule has 0 N–H and O–H groups in total. The van der Waals surface area contributed by atoms with Gasteiger partial charge >= 0.3 is 0 Å². The number of amides is 1. The third-order valence-corrected chi connectivity index (χ3v) is 3.02. The van der Waals surface area contributed by atoms with Crippen molar-refractivity contribution < 1.29 is 9.21 Å². The van der Waals surface area contributed by atoms with Crippen molar-refractivity contribution in [2.24, 2.45) is 0 Å². The fourth-order valence-electron chi connectivity index (χ4n) is 1.55. The molecular formula is C12H18BrNO2. The zero-order valence-corrected chi connectivity index (χ0v) is 11.2. The van der Waals surface area contributed by atoms with Gasteiger partial charge in [-0.3, -0.25) is 4.79 Å². The molecule has 0 saturated heterocycles. The molecule has 1 aromatic rings. The summed E-state index contributed by atoms with van der Waals surface area (Å²) in [6.45, 7) is 3.63. The number of furan rings is 1. The van der Waals surface area contributed by atoms with Crippen LogP contribution in [0, 0.1) is 0 Å². The fourth-order valence-corrected chi connectivity index (χ4v) is 1.80. The van der Waals surface area contributed by atoms with E-state index in [9.17, 15) is 4.79 Å². The monoisotopic (exact) mass is 287 g/mol. The standard InChI is InChI=1S/C12H18BrNO2/c1-2-14(9-4-8-13)12(15)7-6-11-5-3-10-16-11/h3,5,10H,2,4,6-9H2,1H3. The fraction of sp³-hybridized carbons (Fsp3) is 0.583. The van der Waals surface area contributed by atoms with Gasteiger partial charge in [0, 0.05) is 31.3 Å². The summed E-state index contributed by atoms with van der Waals surface area (Å²) < 4.78 is 5.20.